The van der Waals surface area contributed by atoms with Gasteiger partial charge in [-0.25, -0.2) is 0 Å². The molecule has 0 amide bonds. The summed E-state index contributed by atoms with van der Waals surface area (Å²) >= 11 is 0. The first-order chi connectivity index (χ1) is 9.58. The van der Waals surface area contributed by atoms with Gasteiger partial charge in [-0.1, -0.05) is 34.1 Å². The zero-order valence-electron chi connectivity index (χ0n) is 14.1. The molecule has 0 spiro atoms. The van der Waals surface area contributed by atoms with Crippen LogP contribution in [0.2, 0.25) is 0 Å². The van der Waals surface area contributed by atoms with Crippen molar-refractivity contribution in [2.45, 2.75) is 59.9 Å². The molecule has 0 aliphatic heterocycles. The van der Waals surface area contributed by atoms with E-state index in [2.05, 4.69) is 37.9 Å². The molecule has 0 saturated carbocycles. The van der Waals surface area contributed by atoms with E-state index in [9.17, 15) is 4.79 Å². The average molecular weight is 286 g/mol. The second kappa shape index (κ2) is 12.2. The van der Waals surface area contributed by atoms with Gasteiger partial charge in [-0.3, -0.25) is 4.79 Å². The van der Waals surface area contributed by atoms with Crippen molar-refractivity contribution in [2.75, 3.05) is 32.8 Å². The highest BCUT2D eigenvalue weighted by atomic mass is 16.5. The summed E-state index contributed by atoms with van der Waals surface area (Å²) in [7, 11) is 0. The molecule has 0 rings (SSSR count). The molecule has 0 aromatic rings. The highest BCUT2D eigenvalue weighted by molar-refractivity contribution is 5.75. The zero-order chi connectivity index (χ0) is 15.4. The molecule has 0 radical (unpaired) electrons. The van der Waals surface area contributed by atoms with Gasteiger partial charge in [-0.2, -0.15) is 0 Å². The summed E-state index contributed by atoms with van der Waals surface area (Å²) in [6, 6.07) is -0.166. The normalized spacial score (nSPS) is 14.3. The van der Waals surface area contributed by atoms with Crippen LogP contribution in [0, 0.1) is 5.92 Å². The molecule has 2 atom stereocenters. The maximum atomic E-state index is 11.9. The number of ether oxygens (including phenoxy) is 1. The van der Waals surface area contributed by atoms with Crippen LogP contribution in [0.25, 0.3) is 0 Å². The molecule has 2 unspecified atom stereocenters. The first-order valence-corrected chi connectivity index (χ1v) is 8.21. The van der Waals surface area contributed by atoms with E-state index in [0.29, 0.717) is 12.5 Å². The van der Waals surface area contributed by atoms with E-state index < -0.39 is 0 Å². The van der Waals surface area contributed by atoms with E-state index in [1.807, 2.05) is 6.92 Å². The van der Waals surface area contributed by atoms with Gasteiger partial charge in [0.15, 0.2) is 0 Å². The Bertz CT molecular complexity index is 247. The van der Waals surface area contributed by atoms with Crippen molar-refractivity contribution in [3.8, 4) is 0 Å². The molecular weight excluding hydrogens is 252 g/mol. The van der Waals surface area contributed by atoms with Crippen LogP contribution < -0.4 is 5.32 Å². The maximum absolute atomic E-state index is 11.9. The molecule has 20 heavy (non-hydrogen) atoms. The van der Waals surface area contributed by atoms with Gasteiger partial charge in [-0.15, -0.1) is 0 Å². The van der Waals surface area contributed by atoms with Gasteiger partial charge in [0, 0.05) is 13.1 Å². The number of hydrogen-bond donors (Lipinski definition) is 1. The SMILES string of the molecule is CCCNC(CCN(CC)CC(C)CC)C(=O)OCC. The van der Waals surface area contributed by atoms with Crippen molar-refractivity contribution in [1.82, 2.24) is 10.2 Å². The molecule has 0 heterocycles. The highest BCUT2D eigenvalue weighted by Crippen LogP contribution is 2.06. The Morgan fingerprint density at radius 3 is 2.45 bits per heavy atom. The summed E-state index contributed by atoms with van der Waals surface area (Å²) in [5.74, 6) is 0.597. The smallest absolute Gasteiger partial charge is 0.323 e. The van der Waals surface area contributed by atoms with Crippen LogP contribution in [0.5, 0.6) is 0 Å². The Labute approximate surface area is 125 Å². The van der Waals surface area contributed by atoms with Gasteiger partial charge in [0.2, 0.25) is 0 Å². The van der Waals surface area contributed by atoms with Crippen LogP contribution in [0.3, 0.4) is 0 Å². The third-order valence-corrected chi connectivity index (χ3v) is 3.66. The number of carbonyl (C=O) groups is 1. The summed E-state index contributed by atoms with van der Waals surface area (Å²) in [5, 5.41) is 3.30. The number of rotatable bonds is 12. The molecule has 0 aliphatic rings. The molecule has 0 aromatic carbocycles. The second-order valence-corrected chi connectivity index (χ2v) is 5.45. The summed E-state index contributed by atoms with van der Waals surface area (Å²) in [6.07, 6.45) is 3.05. The van der Waals surface area contributed by atoms with E-state index in [-0.39, 0.29) is 12.0 Å². The molecular formula is C16H34N2O2. The molecule has 4 nitrogen and oxygen atoms in total. The minimum absolute atomic E-state index is 0.111. The second-order valence-electron chi connectivity index (χ2n) is 5.45. The van der Waals surface area contributed by atoms with Crippen molar-refractivity contribution in [2.24, 2.45) is 5.92 Å². The van der Waals surface area contributed by atoms with Crippen LogP contribution in [0.4, 0.5) is 0 Å². The fraction of sp³-hybridized carbons (Fsp3) is 0.938. The van der Waals surface area contributed by atoms with Crippen molar-refractivity contribution < 1.29 is 9.53 Å². The predicted molar refractivity (Wildman–Crippen MR) is 84.9 cm³/mol. The van der Waals surface area contributed by atoms with Crippen molar-refractivity contribution >= 4 is 5.97 Å². The number of carbonyl (C=O) groups excluding carboxylic acids is 1. The first kappa shape index (κ1) is 19.4. The Balaban J connectivity index is 4.29. The predicted octanol–water partition coefficient (Wildman–Crippen LogP) is 2.68. The van der Waals surface area contributed by atoms with Crippen LogP contribution in [0.15, 0.2) is 0 Å². The van der Waals surface area contributed by atoms with E-state index in [1.165, 1.54) is 6.42 Å². The van der Waals surface area contributed by atoms with Gasteiger partial charge in [0.25, 0.3) is 0 Å². The van der Waals surface area contributed by atoms with E-state index in [4.69, 9.17) is 4.74 Å². The lowest BCUT2D eigenvalue weighted by atomic mass is 10.1. The lowest BCUT2D eigenvalue weighted by Crippen LogP contribution is -2.42. The van der Waals surface area contributed by atoms with Crippen molar-refractivity contribution in [3.63, 3.8) is 0 Å². The van der Waals surface area contributed by atoms with Gasteiger partial charge < -0.3 is 15.0 Å². The molecule has 120 valence electrons. The van der Waals surface area contributed by atoms with E-state index >= 15 is 0 Å². The van der Waals surface area contributed by atoms with Gasteiger partial charge >= 0.3 is 5.97 Å². The number of hydrogen-bond acceptors (Lipinski definition) is 4. The monoisotopic (exact) mass is 286 g/mol. The van der Waals surface area contributed by atoms with Crippen LogP contribution in [-0.2, 0) is 9.53 Å². The Hall–Kier alpha value is -0.610. The van der Waals surface area contributed by atoms with Gasteiger partial charge in [0.05, 0.1) is 6.61 Å². The molecule has 0 bridgehead atoms. The minimum Gasteiger partial charge on any atom is -0.465 e. The van der Waals surface area contributed by atoms with Crippen LogP contribution in [-0.4, -0.2) is 49.7 Å². The number of nitrogens with one attached hydrogen (secondary N) is 1. The van der Waals surface area contributed by atoms with Gasteiger partial charge in [-0.05, 0) is 38.8 Å². The summed E-state index contributed by atoms with van der Waals surface area (Å²) < 4.78 is 5.15. The summed E-state index contributed by atoms with van der Waals surface area (Å²) in [5.41, 5.74) is 0. The van der Waals surface area contributed by atoms with E-state index in [1.54, 1.807) is 0 Å². The number of nitrogens with zero attached hydrogens (tertiary/aromatic N) is 1. The average Bonchev–Trinajstić information content (AvgIpc) is 2.45. The van der Waals surface area contributed by atoms with Crippen molar-refractivity contribution in [1.29, 1.82) is 0 Å². The number of esters is 1. The molecule has 0 aromatic heterocycles. The quantitative estimate of drug-likeness (QED) is 0.560. The summed E-state index contributed by atoms with van der Waals surface area (Å²) in [4.78, 5) is 14.3. The molecule has 0 fully saturated rings. The van der Waals surface area contributed by atoms with E-state index in [0.717, 1.165) is 39.0 Å². The topological polar surface area (TPSA) is 41.6 Å². The van der Waals surface area contributed by atoms with Crippen LogP contribution >= 0.6 is 0 Å². The van der Waals surface area contributed by atoms with Gasteiger partial charge in [0.1, 0.15) is 6.04 Å². The summed E-state index contributed by atoms with van der Waals surface area (Å²) in [6.45, 7) is 15.1. The van der Waals surface area contributed by atoms with Crippen molar-refractivity contribution in [3.05, 3.63) is 0 Å². The Morgan fingerprint density at radius 1 is 1.25 bits per heavy atom. The standard InChI is InChI=1S/C16H34N2O2/c1-6-11-17-15(16(19)20-9-4)10-12-18(8-3)13-14(5)7-2/h14-15,17H,6-13H2,1-5H3. The first-order valence-electron chi connectivity index (χ1n) is 8.21. The fourth-order valence-corrected chi connectivity index (χ4v) is 2.12. The third kappa shape index (κ3) is 8.54. The Kier molecular flexibility index (Phi) is 11.8. The molecule has 1 N–H and O–H groups in total. The zero-order valence-corrected chi connectivity index (χ0v) is 14.1. The minimum atomic E-state index is -0.166. The lowest BCUT2D eigenvalue weighted by molar-refractivity contribution is -0.145. The largest absolute Gasteiger partial charge is 0.465 e. The lowest BCUT2D eigenvalue weighted by Gasteiger charge is -2.26. The molecule has 0 aliphatic carbocycles. The van der Waals surface area contributed by atoms with Crippen LogP contribution in [0.1, 0.15) is 53.9 Å². The third-order valence-electron chi connectivity index (χ3n) is 3.66. The Morgan fingerprint density at radius 2 is 1.95 bits per heavy atom. The fourth-order valence-electron chi connectivity index (χ4n) is 2.12. The molecule has 4 heteroatoms. The maximum Gasteiger partial charge on any atom is 0.323 e. The molecule has 0 saturated heterocycles. The highest BCUT2D eigenvalue weighted by Gasteiger charge is 2.20.